The Morgan fingerprint density at radius 1 is 0.596 bits per heavy atom. The molecule has 11 rings (SSSR count). The monoisotopic (exact) mass is 1610 g/mol. The molecule has 2 aromatic heterocycles. The van der Waals surface area contributed by atoms with E-state index in [1.54, 1.807) is 141 Å². The maximum Gasteiger partial charge on any atom is 0.410 e. The largest absolute Gasteiger partial charge is 0.444 e. The first-order valence-corrected chi connectivity index (χ1v) is 36.8. The topological polar surface area (TPSA) is 331 Å². The van der Waals surface area contributed by atoms with E-state index in [2.05, 4.69) is 32.9 Å². The van der Waals surface area contributed by atoms with E-state index in [-0.39, 0.29) is 76.1 Å². The van der Waals surface area contributed by atoms with Crippen LogP contribution in [0.4, 0.5) is 14.4 Å². The van der Waals surface area contributed by atoms with E-state index in [1.165, 1.54) is 10.9 Å². The molecule has 0 radical (unpaired) electrons. The third kappa shape index (κ3) is 33.9. The van der Waals surface area contributed by atoms with Crippen LogP contribution in [0.25, 0.3) is 16.9 Å². The molecule has 6 heterocycles. The Bertz CT molecular complexity index is 4240. The summed E-state index contributed by atoms with van der Waals surface area (Å²) in [5, 5.41) is 42.0. The molecule has 7 aromatic rings. The Balaban J connectivity index is 0.000000236. The van der Waals surface area contributed by atoms with E-state index in [1.807, 2.05) is 74.4 Å². The molecule has 4 fully saturated rings. The van der Waals surface area contributed by atoms with Crippen LogP contribution >= 0.6 is 69.6 Å². The number of ketones is 3. The summed E-state index contributed by atoms with van der Waals surface area (Å²) in [7, 11) is 0. The van der Waals surface area contributed by atoms with Gasteiger partial charge in [-0.3, -0.25) is 23.7 Å². The number of carbonyl (C=O) groups is 7. The summed E-state index contributed by atoms with van der Waals surface area (Å²) in [5.41, 5.74) is 8.57. The highest BCUT2D eigenvalue weighted by Gasteiger charge is 2.34. The number of Topliss-reactive ketones (excluding diaryl/α,β-unsaturated/α-hetero) is 3. The van der Waals surface area contributed by atoms with Crippen molar-refractivity contribution < 1.29 is 71.9 Å². The van der Waals surface area contributed by atoms with E-state index in [9.17, 15) is 33.6 Å². The highest BCUT2D eigenvalue weighted by Crippen LogP contribution is 2.28. The summed E-state index contributed by atoms with van der Waals surface area (Å²) in [6.45, 7) is 21.6. The second-order valence-corrected chi connectivity index (χ2v) is 30.8. The zero-order valence-corrected chi connectivity index (χ0v) is 66.5. The summed E-state index contributed by atoms with van der Waals surface area (Å²) in [6, 6.07) is 36.4. The van der Waals surface area contributed by atoms with E-state index in [4.69, 9.17) is 121 Å². The van der Waals surface area contributed by atoms with Crippen molar-refractivity contribution in [3.8, 4) is 35.5 Å². The molecule has 4 atom stereocenters. The van der Waals surface area contributed by atoms with Crippen LogP contribution in [0.1, 0.15) is 150 Å². The Morgan fingerprint density at radius 2 is 1.02 bits per heavy atom. The van der Waals surface area contributed by atoms with Crippen molar-refractivity contribution >= 4 is 123 Å². The number of carbonyl (C=O) groups excluding carboxylic acids is 7. The minimum Gasteiger partial charge on any atom is -0.444 e. The predicted molar refractivity (Wildman–Crippen MR) is 417 cm³/mol. The fourth-order valence-corrected chi connectivity index (χ4v) is 11.2. The number of benzene rings is 5. The number of rotatable bonds is 13. The molecule has 0 saturated carbocycles. The van der Waals surface area contributed by atoms with Gasteiger partial charge in [-0.15, -0.1) is 6.42 Å². The van der Waals surface area contributed by atoms with Gasteiger partial charge in [-0.05, 0) is 183 Å². The molecule has 109 heavy (non-hydrogen) atoms. The van der Waals surface area contributed by atoms with E-state index in [0.717, 1.165) is 61.9 Å². The molecule has 582 valence electrons. The molecule has 0 bridgehead atoms. The summed E-state index contributed by atoms with van der Waals surface area (Å²) in [4.78, 5) is 87.9. The molecular weight excluding hydrogens is 1530 g/mol. The van der Waals surface area contributed by atoms with Gasteiger partial charge in [-0.1, -0.05) is 134 Å². The van der Waals surface area contributed by atoms with Crippen molar-refractivity contribution in [2.24, 2.45) is 33.8 Å². The Morgan fingerprint density at radius 3 is 1.45 bits per heavy atom. The SMILES string of the molecule is C#CC(=O)C[C@@H]1CCN(C(=O)OC(C)(C)C)C1.CC(C)(C)OC(=O)N1CC[C@@H](CC(=O)c2cc(-c3ccc(Cl)cc3)no2)C1.CC(C)(C)OC(=O)N1CC[C@@H](N)C1.N#CN1CC[C@@H](CC(=O)c2c[n+](-c3ccc(Cl)cc3)no2)C1.O/N=C(\Cl)c1ccc(Cl)cc1.O/N=C/c1ccc(Cl)cc1.O=Cc1ccc(Cl)cc1. The quantitative estimate of drug-likeness (QED) is 0.00922. The molecule has 5 aromatic carbocycles. The van der Waals surface area contributed by atoms with E-state index < -0.39 is 16.8 Å². The third-order valence-corrected chi connectivity index (χ3v) is 17.3. The number of terminal acetylenes is 1. The summed E-state index contributed by atoms with van der Waals surface area (Å²) in [6.07, 6.45) is 14.3. The number of hydrogen-bond acceptors (Lipinski definition) is 21. The number of nitrogens with zero attached hydrogens (tertiary/aromatic N) is 10. The van der Waals surface area contributed by atoms with Crippen molar-refractivity contribution in [3.05, 3.63) is 187 Å². The van der Waals surface area contributed by atoms with Gasteiger partial charge in [0.2, 0.25) is 34.1 Å². The van der Waals surface area contributed by atoms with Crippen LogP contribution in [0.2, 0.25) is 25.1 Å². The van der Waals surface area contributed by atoms with Crippen LogP contribution in [0.5, 0.6) is 0 Å². The molecular formula is C78H90Cl6N11O14+. The molecule has 4 aliphatic rings. The van der Waals surface area contributed by atoms with Crippen LogP contribution in [0, 0.1) is 41.6 Å². The lowest BCUT2D eigenvalue weighted by molar-refractivity contribution is -0.670. The highest BCUT2D eigenvalue weighted by atomic mass is 35.5. The first-order chi connectivity index (χ1) is 51.4. The normalized spacial score (nSPS) is 16.6. The zero-order chi connectivity index (χ0) is 80.6. The molecule has 4 saturated heterocycles. The number of amides is 3. The second kappa shape index (κ2) is 44.2. The number of hydrogen-bond donors (Lipinski definition) is 3. The molecule has 0 unspecified atom stereocenters. The Kier molecular flexibility index (Phi) is 36.5. The highest BCUT2D eigenvalue weighted by molar-refractivity contribution is 6.69. The third-order valence-electron chi connectivity index (χ3n) is 15.8. The Labute approximate surface area is 664 Å². The summed E-state index contributed by atoms with van der Waals surface area (Å²) >= 11 is 34.0. The van der Waals surface area contributed by atoms with Gasteiger partial charge in [0.05, 0.1) is 6.21 Å². The van der Waals surface area contributed by atoms with Crippen molar-refractivity contribution in [2.45, 2.75) is 130 Å². The fraction of sp³-hybridized carbons (Fsp3) is 0.397. The average Bonchev–Trinajstić information content (AvgIpc) is 1.71. The van der Waals surface area contributed by atoms with Crippen LogP contribution in [0.15, 0.2) is 153 Å². The van der Waals surface area contributed by atoms with Gasteiger partial charge in [0.1, 0.15) is 28.8 Å². The van der Waals surface area contributed by atoms with E-state index >= 15 is 0 Å². The minimum absolute atomic E-state index is 0.0571. The number of nitrogens with two attached hydrogens (primary N) is 1. The zero-order valence-electron chi connectivity index (χ0n) is 62.0. The first-order valence-electron chi connectivity index (χ1n) is 34.5. The lowest BCUT2D eigenvalue weighted by Gasteiger charge is -2.24. The van der Waals surface area contributed by atoms with Crippen molar-refractivity contribution in [3.63, 3.8) is 0 Å². The average molecular weight is 1620 g/mol. The smallest absolute Gasteiger partial charge is 0.410 e. The molecule has 4 aliphatic heterocycles. The lowest BCUT2D eigenvalue weighted by Crippen LogP contribution is -2.36. The first kappa shape index (κ1) is 90.0. The Hall–Kier alpha value is -9.57. The van der Waals surface area contributed by atoms with Crippen LogP contribution in [0.3, 0.4) is 0 Å². The molecule has 0 spiro atoms. The van der Waals surface area contributed by atoms with Gasteiger partial charge in [0, 0.05) is 138 Å². The van der Waals surface area contributed by atoms with Crippen LogP contribution < -0.4 is 10.4 Å². The standard InChI is InChI=1S/C20H23ClN2O4.C15H14ClN4O2.C13H19NO3.C9H18N2O2.C7H5Cl2NO.C7H6ClNO.C7H5ClO/c1-20(2,3)26-19(25)23-9-8-13(12-23)10-17(24)18-11-16(22-27-18)14-4-6-15(21)7-5-14;16-12-1-3-13(4-2-12)20-9-15(22-18-20)14(21)7-11-5-6-19(8-11)10-17;1-5-11(15)8-10-6-7-14(9-10)12(16)17-13(2,3)4;1-9(2,3)13-8(12)11-5-4-7(10)6-11;8-6-3-1-5(2-4-6)7(9)10-11;8-7-3-1-6(2-4-7)5-9-10;8-7-3-1-6(5-9)2-4-7/h4-7,11,13H,8-10,12H2,1-3H3;1-4,9,11H,5-8H2;1,10H,6-9H2,2-4H3;7H,4-6,10H2,1-3H3;1-4,11H;1-5,10H;1-5H/q;+1;;;;;/b;;;;10-7-;9-5+;/t13-;11-;10-;7-;;;/m0001.../s1. The summed E-state index contributed by atoms with van der Waals surface area (Å²) < 4.78 is 27.7. The molecule has 25 nitrogen and oxygen atoms in total. The number of aldehydes is 1. The van der Waals surface area contributed by atoms with Crippen molar-refractivity contribution in [1.82, 2.24) is 30.0 Å². The molecule has 3 amide bonds. The van der Waals surface area contributed by atoms with Gasteiger partial charge in [-0.25, -0.2) is 14.4 Å². The number of ether oxygens (including phenoxy) is 3. The van der Waals surface area contributed by atoms with E-state index in [0.29, 0.717) is 100 Å². The maximum atomic E-state index is 12.5. The molecule has 0 aliphatic carbocycles. The maximum absolute atomic E-state index is 12.5. The van der Waals surface area contributed by atoms with Crippen LogP contribution in [-0.4, -0.2) is 169 Å². The van der Waals surface area contributed by atoms with Crippen molar-refractivity contribution in [2.75, 3.05) is 52.4 Å². The molecule has 31 heteroatoms. The summed E-state index contributed by atoms with van der Waals surface area (Å²) in [5.74, 6) is 2.62. The van der Waals surface area contributed by atoms with Gasteiger partial charge >= 0.3 is 18.3 Å². The van der Waals surface area contributed by atoms with Gasteiger partial charge < -0.3 is 54.5 Å². The predicted octanol–water partition coefficient (Wildman–Crippen LogP) is 16.6. The van der Waals surface area contributed by atoms with Gasteiger partial charge in [0.15, 0.2) is 11.4 Å². The van der Waals surface area contributed by atoms with Crippen LogP contribution in [-0.2, 0) is 19.0 Å². The fourth-order valence-electron chi connectivity index (χ4n) is 10.4. The molecule has 4 N–H and O–H groups in total. The minimum atomic E-state index is -0.525. The number of oxime groups is 2. The lowest BCUT2D eigenvalue weighted by atomic mass is 10.0. The second-order valence-electron chi connectivity index (χ2n) is 28.3. The van der Waals surface area contributed by atoms with Crippen molar-refractivity contribution in [1.29, 1.82) is 5.26 Å². The number of halogens is 6. The number of nitriles is 1. The van der Waals surface area contributed by atoms with Gasteiger partial charge in [-0.2, -0.15) is 5.26 Å². The number of aromatic nitrogens is 3. The van der Waals surface area contributed by atoms with Gasteiger partial charge in [0.25, 0.3) is 12.0 Å². The number of likely N-dealkylation sites (tertiary alicyclic amines) is 4.